The van der Waals surface area contributed by atoms with Crippen molar-refractivity contribution in [3.8, 4) is 11.8 Å². The SMILES string of the molecule is O=C1Nc2ccccc2C(=O)OCCCCCCCCCC#Cc2ccccc21. The lowest BCUT2D eigenvalue weighted by Crippen LogP contribution is -2.17. The van der Waals surface area contributed by atoms with E-state index >= 15 is 0 Å². The van der Waals surface area contributed by atoms with Crippen LogP contribution in [0.3, 0.4) is 0 Å². The molecule has 0 saturated heterocycles. The summed E-state index contributed by atoms with van der Waals surface area (Å²) in [4.78, 5) is 25.4. The van der Waals surface area contributed by atoms with E-state index in [1.807, 2.05) is 18.2 Å². The monoisotopic (exact) mass is 389 g/mol. The maximum Gasteiger partial charge on any atom is 0.340 e. The number of anilines is 1. The molecule has 1 N–H and O–H groups in total. The van der Waals surface area contributed by atoms with Crippen LogP contribution >= 0.6 is 0 Å². The highest BCUT2D eigenvalue weighted by Gasteiger charge is 2.16. The van der Waals surface area contributed by atoms with Crippen molar-refractivity contribution in [3.05, 3.63) is 65.2 Å². The first-order chi connectivity index (χ1) is 14.3. The Bertz CT molecular complexity index is 908. The van der Waals surface area contributed by atoms with Crippen molar-refractivity contribution in [2.45, 2.75) is 51.4 Å². The maximum atomic E-state index is 12.9. The van der Waals surface area contributed by atoms with Gasteiger partial charge in [0.15, 0.2) is 0 Å². The second-order valence-electron chi connectivity index (χ2n) is 7.21. The number of nitrogens with one attached hydrogen (secondary N) is 1. The quantitative estimate of drug-likeness (QED) is 0.473. The summed E-state index contributed by atoms with van der Waals surface area (Å²) in [6, 6.07) is 14.2. The molecule has 0 radical (unpaired) electrons. The first-order valence-electron chi connectivity index (χ1n) is 10.4. The summed E-state index contributed by atoms with van der Waals surface area (Å²) in [5.74, 6) is 5.64. The second-order valence-corrected chi connectivity index (χ2v) is 7.21. The minimum Gasteiger partial charge on any atom is -0.462 e. The van der Waals surface area contributed by atoms with Crippen molar-refractivity contribution in [1.29, 1.82) is 0 Å². The Morgan fingerprint density at radius 2 is 1.41 bits per heavy atom. The summed E-state index contributed by atoms with van der Waals surface area (Å²) in [6.07, 6.45) is 8.55. The number of fused-ring (bicyclic) bond motifs is 2. The fourth-order valence-electron chi connectivity index (χ4n) is 3.35. The standard InChI is InChI=1S/C25H27NO3/c27-24-21-16-10-9-15-20(21)14-8-6-4-2-1-3-5-7-13-19-29-25(28)22-17-11-12-18-23(22)26-24/h9-12,15-18H,1-7,13,19H2,(H,26,27). The van der Waals surface area contributed by atoms with E-state index in [1.165, 1.54) is 19.3 Å². The lowest BCUT2D eigenvalue weighted by molar-refractivity contribution is 0.0499. The Kier molecular flexibility index (Phi) is 7.89. The van der Waals surface area contributed by atoms with Gasteiger partial charge in [-0.3, -0.25) is 4.79 Å². The zero-order valence-corrected chi connectivity index (χ0v) is 16.7. The van der Waals surface area contributed by atoms with E-state index in [0.29, 0.717) is 29.0 Å². The zero-order valence-electron chi connectivity index (χ0n) is 16.7. The van der Waals surface area contributed by atoms with Gasteiger partial charge in [-0.15, -0.1) is 0 Å². The number of hydrogen-bond acceptors (Lipinski definition) is 3. The molecule has 150 valence electrons. The van der Waals surface area contributed by atoms with Crippen LogP contribution in [0, 0.1) is 11.8 Å². The lowest BCUT2D eigenvalue weighted by Gasteiger charge is -2.12. The molecule has 3 rings (SSSR count). The Morgan fingerprint density at radius 3 is 2.24 bits per heavy atom. The molecule has 1 aliphatic rings. The molecule has 4 nitrogen and oxygen atoms in total. The van der Waals surface area contributed by atoms with E-state index in [-0.39, 0.29) is 5.91 Å². The predicted octanol–water partition coefficient (Wildman–Crippen LogP) is 5.58. The van der Waals surface area contributed by atoms with Crippen molar-refractivity contribution in [2.75, 3.05) is 11.9 Å². The molecule has 1 heterocycles. The molecule has 0 bridgehead atoms. The molecule has 1 amide bonds. The first kappa shape index (κ1) is 20.7. The molecule has 2 aromatic carbocycles. The topological polar surface area (TPSA) is 55.4 Å². The summed E-state index contributed by atoms with van der Waals surface area (Å²) in [7, 11) is 0. The number of carbonyl (C=O) groups is 2. The minimum absolute atomic E-state index is 0.284. The van der Waals surface area contributed by atoms with Crippen LogP contribution in [-0.2, 0) is 4.74 Å². The van der Waals surface area contributed by atoms with E-state index < -0.39 is 5.97 Å². The Labute approximate surface area is 172 Å². The molecule has 0 atom stereocenters. The average Bonchev–Trinajstić information content (AvgIpc) is 2.74. The van der Waals surface area contributed by atoms with Crippen molar-refractivity contribution in [1.82, 2.24) is 0 Å². The molecular weight excluding hydrogens is 362 g/mol. The number of benzene rings is 2. The van der Waals surface area contributed by atoms with Gasteiger partial charge in [0.2, 0.25) is 0 Å². The van der Waals surface area contributed by atoms with Gasteiger partial charge in [0.1, 0.15) is 0 Å². The fraction of sp³-hybridized carbons (Fsp3) is 0.360. The smallest absolute Gasteiger partial charge is 0.340 e. The van der Waals surface area contributed by atoms with Crippen LogP contribution in [0.25, 0.3) is 0 Å². The molecular formula is C25H27NO3. The van der Waals surface area contributed by atoms with Crippen LogP contribution in [0.15, 0.2) is 48.5 Å². The molecule has 0 spiro atoms. The molecule has 0 aliphatic carbocycles. The third-order valence-corrected chi connectivity index (χ3v) is 4.97. The highest BCUT2D eigenvalue weighted by atomic mass is 16.5. The van der Waals surface area contributed by atoms with Crippen LogP contribution in [-0.4, -0.2) is 18.5 Å². The molecule has 4 heteroatoms. The minimum atomic E-state index is -0.410. The molecule has 29 heavy (non-hydrogen) atoms. The highest BCUT2D eigenvalue weighted by molar-refractivity contribution is 6.09. The number of para-hydroxylation sites is 1. The maximum absolute atomic E-state index is 12.9. The van der Waals surface area contributed by atoms with Crippen LogP contribution in [0.1, 0.15) is 77.6 Å². The van der Waals surface area contributed by atoms with Crippen LogP contribution in [0.4, 0.5) is 5.69 Å². The largest absolute Gasteiger partial charge is 0.462 e. The van der Waals surface area contributed by atoms with Crippen LogP contribution < -0.4 is 5.32 Å². The van der Waals surface area contributed by atoms with Gasteiger partial charge < -0.3 is 10.1 Å². The summed E-state index contributed by atoms with van der Waals surface area (Å²) in [5, 5.41) is 2.85. The predicted molar refractivity (Wildman–Crippen MR) is 115 cm³/mol. The van der Waals surface area contributed by atoms with Crippen molar-refractivity contribution in [3.63, 3.8) is 0 Å². The van der Waals surface area contributed by atoms with Crippen LogP contribution in [0.2, 0.25) is 0 Å². The Balaban J connectivity index is 1.84. The molecule has 2 aromatic rings. The molecule has 0 fully saturated rings. The molecule has 0 unspecified atom stereocenters. The average molecular weight is 389 g/mol. The fourth-order valence-corrected chi connectivity index (χ4v) is 3.35. The van der Waals surface area contributed by atoms with Crippen LogP contribution in [0.5, 0.6) is 0 Å². The van der Waals surface area contributed by atoms with E-state index in [2.05, 4.69) is 17.2 Å². The Morgan fingerprint density at radius 1 is 0.759 bits per heavy atom. The number of hydrogen-bond donors (Lipinski definition) is 1. The van der Waals surface area contributed by atoms with Gasteiger partial charge in [0.25, 0.3) is 5.91 Å². The third-order valence-electron chi connectivity index (χ3n) is 4.97. The Hall–Kier alpha value is -3.06. The number of rotatable bonds is 0. The van der Waals surface area contributed by atoms with Gasteiger partial charge in [0, 0.05) is 12.0 Å². The summed E-state index contributed by atoms with van der Waals surface area (Å²) in [5.41, 5.74) is 2.01. The van der Waals surface area contributed by atoms with Gasteiger partial charge in [-0.2, -0.15) is 0 Å². The van der Waals surface area contributed by atoms with E-state index in [0.717, 1.165) is 32.1 Å². The van der Waals surface area contributed by atoms with Crippen molar-refractivity contribution >= 4 is 17.6 Å². The number of amides is 1. The summed E-state index contributed by atoms with van der Waals surface area (Å²) in [6.45, 7) is 0.401. The number of esters is 1. The number of carbonyl (C=O) groups excluding carboxylic acids is 2. The number of cyclic esters (lactones) is 1. The van der Waals surface area contributed by atoms with Crippen molar-refractivity contribution < 1.29 is 14.3 Å². The van der Waals surface area contributed by atoms with Crippen molar-refractivity contribution in [2.24, 2.45) is 0 Å². The van der Waals surface area contributed by atoms with Gasteiger partial charge >= 0.3 is 5.97 Å². The molecule has 0 aromatic heterocycles. The summed E-state index contributed by atoms with van der Waals surface area (Å²) >= 11 is 0. The van der Waals surface area contributed by atoms with E-state index in [4.69, 9.17) is 4.74 Å². The highest BCUT2D eigenvalue weighted by Crippen LogP contribution is 2.19. The second kappa shape index (κ2) is 11.1. The third kappa shape index (κ3) is 6.22. The van der Waals surface area contributed by atoms with E-state index in [9.17, 15) is 9.59 Å². The normalized spacial score (nSPS) is 16.4. The summed E-state index contributed by atoms with van der Waals surface area (Å²) < 4.78 is 5.43. The van der Waals surface area contributed by atoms with Gasteiger partial charge in [0.05, 0.1) is 23.4 Å². The number of ether oxygens (including phenoxy) is 1. The lowest BCUT2D eigenvalue weighted by atomic mass is 10.1. The first-order valence-corrected chi connectivity index (χ1v) is 10.4. The van der Waals surface area contributed by atoms with Gasteiger partial charge in [-0.25, -0.2) is 4.79 Å². The van der Waals surface area contributed by atoms with Gasteiger partial charge in [-0.1, -0.05) is 68.2 Å². The molecule has 1 aliphatic heterocycles. The zero-order chi connectivity index (χ0) is 20.3. The van der Waals surface area contributed by atoms with E-state index in [1.54, 1.807) is 30.3 Å². The molecule has 0 saturated carbocycles. The van der Waals surface area contributed by atoms with Gasteiger partial charge in [-0.05, 0) is 37.1 Å².